The van der Waals surface area contributed by atoms with Crippen molar-refractivity contribution in [2.45, 2.75) is 18.9 Å². The van der Waals surface area contributed by atoms with Gasteiger partial charge in [0, 0.05) is 39.3 Å². The molecule has 0 N–H and O–H groups in total. The number of hydrogen-bond acceptors (Lipinski definition) is 4. The molecule has 0 bridgehead atoms. The van der Waals surface area contributed by atoms with Crippen LogP contribution in [-0.4, -0.2) is 61.1 Å². The van der Waals surface area contributed by atoms with Gasteiger partial charge in [0.2, 0.25) is 0 Å². The summed E-state index contributed by atoms with van der Waals surface area (Å²) in [6.07, 6.45) is 2.73. The molecule has 1 atom stereocenters. The largest absolute Gasteiger partial charge is 0.444 e. The van der Waals surface area contributed by atoms with Gasteiger partial charge in [-0.1, -0.05) is 0 Å². The minimum Gasteiger partial charge on any atom is -0.444 e. The quantitative estimate of drug-likeness (QED) is 0.842. The van der Waals surface area contributed by atoms with Crippen LogP contribution in [0.4, 0.5) is 0 Å². The van der Waals surface area contributed by atoms with Crippen molar-refractivity contribution < 1.29 is 13.9 Å². The lowest BCUT2D eigenvalue weighted by Crippen LogP contribution is -2.50. The smallest absolute Gasteiger partial charge is 0.289 e. The standard InChI is InChI=1S/C14H19BrN2O3/c15-13-4-3-12(20-13)14(18)17-7-5-16(6-8-17)10-11-2-1-9-19-11/h3-4,11H,1-2,5-10H2. The van der Waals surface area contributed by atoms with E-state index in [2.05, 4.69) is 20.8 Å². The molecule has 3 heterocycles. The first-order chi connectivity index (χ1) is 9.72. The Morgan fingerprint density at radius 1 is 1.30 bits per heavy atom. The second-order valence-corrected chi connectivity index (χ2v) is 6.11. The molecule has 0 aromatic carbocycles. The molecule has 2 aliphatic rings. The van der Waals surface area contributed by atoms with Gasteiger partial charge >= 0.3 is 0 Å². The van der Waals surface area contributed by atoms with Crippen LogP contribution in [0.15, 0.2) is 21.2 Å². The topological polar surface area (TPSA) is 45.9 Å². The molecule has 5 nitrogen and oxygen atoms in total. The zero-order valence-corrected chi connectivity index (χ0v) is 13.0. The Kier molecular flexibility index (Phi) is 4.43. The van der Waals surface area contributed by atoms with Crippen LogP contribution in [0.2, 0.25) is 0 Å². The predicted octanol–water partition coefficient (Wildman–Crippen LogP) is 1.98. The van der Waals surface area contributed by atoms with Gasteiger partial charge < -0.3 is 14.1 Å². The summed E-state index contributed by atoms with van der Waals surface area (Å²) in [5.41, 5.74) is 0. The molecular formula is C14H19BrN2O3. The van der Waals surface area contributed by atoms with Crippen molar-refractivity contribution in [2.24, 2.45) is 0 Å². The van der Waals surface area contributed by atoms with Crippen LogP contribution in [0.25, 0.3) is 0 Å². The maximum atomic E-state index is 12.2. The van der Waals surface area contributed by atoms with Gasteiger partial charge in [0.1, 0.15) is 0 Å². The van der Waals surface area contributed by atoms with Gasteiger partial charge in [-0.05, 0) is 40.9 Å². The molecule has 6 heteroatoms. The van der Waals surface area contributed by atoms with Gasteiger partial charge in [-0.2, -0.15) is 0 Å². The Morgan fingerprint density at radius 3 is 2.70 bits per heavy atom. The number of carbonyl (C=O) groups is 1. The summed E-state index contributed by atoms with van der Waals surface area (Å²) in [6.45, 7) is 5.22. The van der Waals surface area contributed by atoms with Gasteiger partial charge in [0.15, 0.2) is 10.4 Å². The van der Waals surface area contributed by atoms with Crippen LogP contribution >= 0.6 is 15.9 Å². The first-order valence-electron chi connectivity index (χ1n) is 7.11. The highest BCUT2D eigenvalue weighted by atomic mass is 79.9. The van der Waals surface area contributed by atoms with E-state index in [1.54, 1.807) is 12.1 Å². The lowest BCUT2D eigenvalue weighted by Gasteiger charge is -2.35. The summed E-state index contributed by atoms with van der Waals surface area (Å²) in [7, 11) is 0. The van der Waals surface area contributed by atoms with E-state index in [9.17, 15) is 4.79 Å². The molecule has 20 heavy (non-hydrogen) atoms. The zero-order valence-electron chi connectivity index (χ0n) is 11.4. The fraction of sp³-hybridized carbons (Fsp3) is 0.643. The van der Waals surface area contributed by atoms with Crippen molar-refractivity contribution in [3.8, 4) is 0 Å². The third-order valence-electron chi connectivity index (χ3n) is 3.93. The van der Waals surface area contributed by atoms with Gasteiger partial charge in [-0.3, -0.25) is 9.69 Å². The highest BCUT2D eigenvalue weighted by molar-refractivity contribution is 9.10. The van der Waals surface area contributed by atoms with Gasteiger partial charge in [-0.15, -0.1) is 0 Å². The molecule has 1 unspecified atom stereocenters. The maximum Gasteiger partial charge on any atom is 0.289 e. The van der Waals surface area contributed by atoms with Crippen molar-refractivity contribution >= 4 is 21.8 Å². The number of carbonyl (C=O) groups excluding carboxylic acids is 1. The molecule has 0 radical (unpaired) electrons. The lowest BCUT2D eigenvalue weighted by atomic mass is 10.2. The molecule has 1 aromatic heterocycles. The second kappa shape index (κ2) is 6.28. The van der Waals surface area contributed by atoms with E-state index >= 15 is 0 Å². The molecule has 1 aromatic rings. The Labute approximate surface area is 127 Å². The van der Waals surface area contributed by atoms with Crippen LogP contribution < -0.4 is 0 Å². The average Bonchev–Trinajstić information content (AvgIpc) is 3.10. The van der Waals surface area contributed by atoms with Crippen LogP contribution in [0.3, 0.4) is 0 Å². The minimum absolute atomic E-state index is 0.0209. The SMILES string of the molecule is O=C(c1ccc(Br)o1)N1CCN(CC2CCCO2)CC1. The van der Waals surface area contributed by atoms with Crippen LogP contribution in [0.5, 0.6) is 0 Å². The number of furan rings is 1. The number of amides is 1. The maximum absolute atomic E-state index is 12.2. The molecule has 0 aliphatic carbocycles. The lowest BCUT2D eigenvalue weighted by molar-refractivity contribution is 0.0416. The van der Waals surface area contributed by atoms with E-state index in [-0.39, 0.29) is 5.91 Å². The third-order valence-corrected chi connectivity index (χ3v) is 4.36. The van der Waals surface area contributed by atoms with E-state index in [0.29, 0.717) is 16.5 Å². The number of halogens is 1. The Bertz CT molecular complexity index is 463. The summed E-state index contributed by atoms with van der Waals surface area (Å²) in [5.74, 6) is 0.386. The van der Waals surface area contributed by atoms with Crippen LogP contribution in [-0.2, 0) is 4.74 Å². The van der Waals surface area contributed by atoms with Crippen LogP contribution in [0, 0.1) is 0 Å². The van der Waals surface area contributed by atoms with Crippen molar-refractivity contribution in [1.82, 2.24) is 9.80 Å². The predicted molar refractivity (Wildman–Crippen MR) is 77.7 cm³/mol. The highest BCUT2D eigenvalue weighted by Crippen LogP contribution is 2.18. The monoisotopic (exact) mass is 342 g/mol. The molecular weight excluding hydrogens is 324 g/mol. The van der Waals surface area contributed by atoms with E-state index < -0.39 is 0 Å². The molecule has 110 valence electrons. The average molecular weight is 343 g/mol. The summed E-state index contributed by atoms with van der Waals surface area (Å²) in [4.78, 5) is 16.5. The second-order valence-electron chi connectivity index (χ2n) is 5.33. The fourth-order valence-corrected chi connectivity index (χ4v) is 3.10. The molecule has 0 saturated carbocycles. The Hall–Kier alpha value is -0.850. The molecule has 1 amide bonds. The van der Waals surface area contributed by atoms with Crippen molar-refractivity contribution in [3.63, 3.8) is 0 Å². The molecule has 3 rings (SSSR count). The van der Waals surface area contributed by atoms with E-state index in [1.807, 2.05) is 4.90 Å². The summed E-state index contributed by atoms with van der Waals surface area (Å²) < 4.78 is 11.6. The molecule has 2 fully saturated rings. The Balaban J connectivity index is 1.49. The number of nitrogens with zero attached hydrogens (tertiary/aromatic N) is 2. The zero-order chi connectivity index (χ0) is 13.9. The number of ether oxygens (including phenoxy) is 1. The first-order valence-corrected chi connectivity index (χ1v) is 7.90. The summed E-state index contributed by atoms with van der Waals surface area (Å²) in [5, 5.41) is 0. The van der Waals surface area contributed by atoms with Gasteiger partial charge in [-0.25, -0.2) is 0 Å². The van der Waals surface area contributed by atoms with Crippen molar-refractivity contribution in [3.05, 3.63) is 22.6 Å². The van der Waals surface area contributed by atoms with Gasteiger partial charge in [0.25, 0.3) is 5.91 Å². The highest BCUT2D eigenvalue weighted by Gasteiger charge is 2.26. The number of rotatable bonds is 3. The minimum atomic E-state index is -0.0209. The molecule has 0 spiro atoms. The number of piperazine rings is 1. The first kappa shape index (κ1) is 14.1. The van der Waals surface area contributed by atoms with E-state index in [1.165, 1.54) is 12.8 Å². The van der Waals surface area contributed by atoms with Gasteiger partial charge in [0.05, 0.1) is 6.10 Å². The van der Waals surface area contributed by atoms with E-state index in [0.717, 1.165) is 39.3 Å². The van der Waals surface area contributed by atoms with Crippen molar-refractivity contribution in [2.75, 3.05) is 39.3 Å². The third kappa shape index (κ3) is 3.24. The Morgan fingerprint density at radius 2 is 2.10 bits per heavy atom. The molecule has 2 aliphatic heterocycles. The normalized spacial score (nSPS) is 24.2. The summed E-state index contributed by atoms with van der Waals surface area (Å²) >= 11 is 3.22. The molecule has 2 saturated heterocycles. The summed E-state index contributed by atoms with van der Waals surface area (Å²) in [6, 6.07) is 3.46. The fourth-order valence-electron chi connectivity index (χ4n) is 2.79. The van der Waals surface area contributed by atoms with E-state index in [4.69, 9.17) is 9.15 Å². The van der Waals surface area contributed by atoms with Crippen LogP contribution in [0.1, 0.15) is 23.4 Å². The number of hydrogen-bond donors (Lipinski definition) is 0. The van der Waals surface area contributed by atoms with Crippen molar-refractivity contribution in [1.29, 1.82) is 0 Å².